The van der Waals surface area contributed by atoms with E-state index in [1.165, 1.54) is 0 Å². The third-order valence-corrected chi connectivity index (χ3v) is 3.29. The highest BCUT2D eigenvalue weighted by atomic mass is 35.5. The monoisotopic (exact) mass is 243 g/mol. The van der Waals surface area contributed by atoms with Crippen LogP contribution in [0.25, 0.3) is 5.65 Å². The Bertz CT molecular complexity index is 445. The maximum atomic E-state index is 5.68. The van der Waals surface area contributed by atoms with Crippen LogP contribution in [0.5, 0.6) is 0 Å². The van der Waals surface area contributed by atoms with Gasteiger partial charge in [0.25, 0.3) is 0 Å². The molecule has 0 spiro atoms. The van der Waals surface area contributed by atoms with Crippen molar-refractivity contribution in [3.8, 4) is 0 Å². The molecule has 0 fully saturated rings. The van der Waals surface area contributed by atoms with Crippen LogP contribution in [0.2, 0.25) is 0 Å². The minimum absolute atomic E-state index is 0.430. The maximum Gasteiger partial charge on any atom is 0.198 e. The lowest BCUT2D eigenvalue weighted by Crippen LogP contribution is -2.01. The van der Waals surface area contributed by atoms with Gasteiger partial charge in [0.05, 0.1) is 12.4 Å². The van der Waals surface area contributed by atoms with Gasteiger partial charge in [-0.05, 0) is 16.8 Å². The van der Waals surface area contributed by atoms with Gasteiger partial charge in [0.1, 0.15) is 5.03 Å². The summed E-state index contributed by atoms with van der Waals surface area (Å²) in [7, 11) is 0. The fourth-order valence-corrected chi connectivity index (χ4v) is 2.61. The Hall–Kier alpha value is -0.880. The standard InChI is InChI=1S/C8H10ClN5S/c1-6(2-3-9)15-8-5-10-4-7-11-12-13-14(7)8/h4-6H,2-3H2,1H3. The molecule has 1 unspecified atom stereocenters. The van der Waals surface area contributed by atoms with Gasteiger partial charge in [0, 0.05) is 11.1 Å². The van der Waals surface area contributed by atoms with Crippen LogP contribution in [0.4, 0.5) is 0 Å². The van der Waals surface area contributed by atoms with E-state index in [0.29, 0.717) is 16.8 Å². The molecule has 0 saturated heterocycles. The first kappa shape index (κ1) is 10.6. The van der Waals surface area contributed by atoms with Gasteiger partial charge in [-0.1, -0.05) is 6.92 Å². The van der Waals surface area contributed by atoms with E-state index in [4.69, 9.17) is 11.6 Å². The van der Waals surface area contributed by atoms with Gasteiger partial charge in [-0.15, -0.1) is 28.5 Å². The van der Waals surface area contributed by atoms with Crippen molar-refractivity contribution in [3.05, 3.63) is 12.4 Å². The first-order valence-electron chi connectivity index (χ1n) is 4.56. The van der Waals surface area contributed by atoms with Crippen molar-refractivity contribution in [1.29, 1.82) is 0 Å². The first-order valence-corrected chi connectivity index (χ1v) is 5.97. The van der Waals surface area contributed by atoms with Crippen LogP contribution in [-0.2, 0) is 0 Å². The van der Waals surface area contributed by atoms with Crippen LogP contribution in [0.1, 0.15) is 13.3 Å². The summed E-state index contributed by atoms with van der Waals surface area (Å²) in [5.74, 6) is 0.660. The lowest BCUT2D eigenvalue weighted by Gasteiger charge is -2.08. The molecule has 0 aliphatic carbocycles. The zero-order valence-corrected chi connectivity index (χ0v) is 9.74. The molecule has 0 bridgehead atoms. The van der Waals surface area contributed by atoms with Crippen LogP contribution < -0.4 is 0 Å². The molecule has 0 amide bonds. The molecule has 0 radical (unpaired) electrons. The summed E-state index contributed by atoms with van der Waals surface area (Å²) in [5, 5.41) is 12.7. The lowest BCUT2D eigenvalue weighted by atomic mass is 10.4. The molecular weight excluding hydrogens is 234 g/mol. The number of hydrogen-bond acceptors (Lipinski definition) is 5. The van der Waals surface area contributed by atoms with Gasteiger partial charge in [-0.3, -0.25) is 4.98 Å². The molecular formula is C8H10ClN5S. The number of nitrogens with zero attached hydrogens (tertiary/aromatic N) is 5. The minimum atomic E-state index is 0.430. The Balaban J connectivity index is 2.23. The van der Waals surface area contributed by atoms with E-state index in [9.17, 15) is 0 Å². The molecule has 0 aliphatic rings. The average Bonchev–Trinajstić information content (AvgIpc) is 2.67. The zero-order valence-electron chi connectivity index (χ0n) is 8.17. The van der Waals surface area contributed by atoms with E-state index in [-0.39, 0.29) is 0 Å². The van der Waals surface area contributed by atoms with Gasteiger partial charge in [0.15, 0.2) is 5.65 Å². The number of alkyl halides is 1. The van der Waals surface area contributed by atoms with Crippen molar-refractivity contribution in [2.45, 2.75) is 23.6 Å². The topological polar surface area (TPSA) is 56.0 Å². The van der Waals surface area contributed by atoms with Crippen molar-refractivity contribution >= 4 is 29.0 Å². The number of tetrazole rings is 1. The first-order chi connectivity index (χ1) is 7.31. The van der Waals surface area contributed by atoms with Gasteiger partial charge in [0.2, 0.25) is 0 Å². The third-order valence-electron chi connectivity index (χ3n) is 1.91. The van der Waals surface area contributed by atoms with E-state index in [1.54, 1.807) is 28.7 Å². The lowest BCUT2D eigenvalue weighted by molar-refractivity contribution is 0.761. The molecule has 0 aliphatic heterocycles. The molecule has 2 aromatic rings. The molecule has 2 heterocycles. The van der Waals surface area contributed by atoms with E-state index in [2.05, 4.69) is 27.4 Å². The summed E-state index contributed by atoms with van der Waals surface area (Å²) in [6.07, 6.45) is 4.35. The fourth-order valence-electron chi connectivity index (χ4n) is 1.15. The number of thioether (sulfide) groups is 1. The van der Waals surface area contributed by atoms with Crippen LogP contribution in [0, 0.1) is 0 Å². The van der Waals surface area contributed by atoms with E-state index >= 15 is 0 Å². The molecule has 80 valence electrons. The van der Waals surface area contributed by atoms with Gasteiger partial charge < -0.3 is 0 Å². The van der Waals surface area contributed by atoms with Crippen LogP contribution in [0.3, 0.4) is 0 Å². The molecule has 5 nitrogen and oxygen atoms in total. The van der Waals surface area contributed by atoms with Gasteiger partial charge in [-0.25, -0.2) is 0 Å². The van der Waals surface area contributed by atoms with Crippen molar-refractivity contribution in [2.24, 2.45) is 0 Å². The number of hydrogen-bond donors (Lipinski definition) is 0. The Labute approximate surface area is 96.2 Å². The molecule has 0 N–H and O–H groups in total. The van der Waals surface area contributed by atoms with E-state index < -0.39 is 0 Å². The number of rotatable bonds is 4. The van der Waals surface area contributed by atoms with E-state index in [1.807, 2.05) is 0 Å². The van der Waals surface area contributed by atoms with Gasteiger partial charge in [-0.2, -0.15) is 4.52 Å². The largest absolute Gasteiger partial charge is 0.258 e. The summed E-state index contributed by atoms with van der Waals surface area (Å²) in [6, 6.07) is 0. The number of halogens is 1. The Kier molecular flexibility index (Phi) is 3.37. The van der Waals surface area contributed by atoms with Crippen LogP contribution >= 0.6 is 23.4 Å². The molecule has 1 atom stereocenters. The van der Waals surface area contributed by atoms with Gasteiger partial charge >= 0.3 is 0 Å². The molecule has 15 heavy (non-hydrogen) atoms. The smallest absolute Gasteiger partial charge is 0.198 e. The Morgan fingerprint density at radius 2 is 2.40 bits per heavy atom. The molecule has 0 aromatic carbocycles. The van der Waals surface area contributed by atoms with Crippen molar-refractivity contribution in [1.82, 2.24) is 25.0 Å². The Morgan fingerprint density at radius 1 is 1.53 bits per heavy atom. The quantitative estimate of drug-likeness (QED) is 0.604. The highest BCUT2D eigenvalue weighted by Gasteiger charge is 2.09. The highest BCUT2D eigenvalue weighted by molar-refractivity contribution is 7.99. The second kappa shape index (κ2) is 4.76. The summed E-state index contributed by atoms with van der Waals surface area (Å²) < 4.78 is 1.68. The second-order valence-electron chi connectivity index (χ2n) is 3.10. The summed E-state index contributed by atoms with van der Waals surface area (Å²) in [4.78, 5) is 4.08. The molecule has 2 rings (SSSR count). The second-order valence-corrected chi connectivity index (χ2v) is 4.94. The summed E-state index contributed by atoms with van der Waals surface area (Å²) in [6.45, 7) is 2.12. The molecule has 2 aromatic heterocycles. The van der Waals surface area contributed by atoms with Crippen LogP contribution in [-0.4, -0.2) is 36.2 Å². The fraction of sp³-hybridized carbons (Fsp3) is 0.500. The Morgan fingerprint density at radius 3 is 3.20 bits per heavy atom. The third kappa shape index (κ3) is 2.38. The average molecular weight is 244 g/mol. The van der Waals surface area contributed by atoms with E-state index in [0.717, 1.165) is 11.4 Å². The summed E-state index contributed by atoms with van der Waals surface area (Å²) >= 11 is 7.36. The van der Waals surface area contributed by atoms with Crippen molar-refractivity contribution in [2.75, 3.05) is 5.88 Å². The number of aromatic nitrogens is 5. The SMILES string of the molecule is CC(CCCl)Sc1cncc2nnnn12. The number of fused-ring (bicyclic) bond motifs is 1. The van der Waals surface area contributed by atoms with Crippen molar-refractivity contribution < 1.29 is 0 Å². The minimum Gasteiger partial charge on any atom is -0.258 e. The zero-order chi connectivity index (χ0) is 10.7. The predicted octanol–water partition coefficient (Wildman–Crippen LogP) is 1.63. The normalized spacial score (nSPS) is 13.2. The predicted molar refractivity (Wildman–Crippen MR) is 59.2 cm³/mol. The molecule has 7 heteroatoms. The van der Waals surface area contributed by atoms with Crippen molar-refractivity contribution in [3.63, 3.8) is 0 Å². The molecule has 0 saturated carbocycles. The van der Waals surface area contributed by atoms with Crippen LogP contribution in [0.15, 0.2) is 17.4 Å². The maximum absolute atomic E-state index is 5.68. The highest BCUT2D eigenvalue weighted by Crippen LogP contribution is 2.24. The summed E-state index contributed by atoms with van der Waals surface area (Å²) in [5.41, 5.74) is 0.665.